The van der Waals surface area contributed by atoms with E-state index in [0.29, 0.717) is 68.4 Å². The lowest BCUT2D eigenvalue weighted by atomic mass is 9.45. The molecular formula is C50H72N6O7. The van der Waals surface area contributed by atoms with Gasteiger partial charge in [-0.2, -0.15) is 5.06 Å². The highest BCUT2D eigenvalue weighted by Gasteiger charge is 2.57. The van der Waals surface area contributed by atoms with Gasteiger partial charge < -0.3 is 40.1 Å². The summed E-state index contributed by atoms with van der Waals surface area (Å²) in [6, 6.07) is 21.1. The van der Waals surface area contributed by atoms with E-state index in [4.69, 9.17) is 14.3 Å². The van der Waals surface area contributed by atoms with E-state index in [9.17, 15) is 19.8 Å². The number of ether oxygens (including phenoxy) is 2. The average Bonchev–Trinajstić information content (AvgIpc) is 3.63. The van der Waals surface area contributed by atoms with Crippen molar-refractivity contribution in [1.82, 2.24) is 25.5 Å². The molecule has 3 aromatic rings. The Morgan fingerprint density at radius 3 is 2.40 bits per heavy atom. The maximum Gasteiger partial charge on any atom is 0.251 e. The Labute approximate surface area is 375 Å². The summed E-state index contributed by atoms with van der Waals surface area (Å²) in [6.07, 6.45) is 1.12. The van der Waals surface area contributed by atoms with Crippen molar-refractivity contribution in [2.45, 2.75) is 83.8 Å². The van der Waals surface area contributed by atoms with Crippen molar-refractivity contribution in [1.29, 1.82) is 0 Å². The molecule has 2 saturated heterocycles. The van der Waals surface area contributed by atoms with E-state index in [1.54, 1.807) is 12.0 Å². The maximum atomic E-state index is 14.6. The summed E-state index contributed by atoms with van der Waals surface area (Å²) in [5, 5.41) is 30.1. The van der Waals surface area contributed by atoms with Crippen molar-refractivity contribution in [3.05, 3.63) is 83.4 Å². The molecule has 0 spiro atoms. The molecule has 5 aliphatic rings. The van der Waals surface area contributed by atoms with Gasteiger partial charge >= 0.3 is 0 Å². The van der Waals surface area contributed by atoms with Gasteiger partial charge in [0.05, 0.1) is 32.5 Å². The van der Waals surface area contributed by atoms with Gasteiger partial charge in [0, 0.05) is 80.7 Å². The number of hydroxylamine groups is 2. The number of nitrogens with one attached hydrogen (secondary N) is 2. The number of benzene rings is 3. The first-order chi connectivity index (χ1) is 30.1. The SMILES string of the molecule is C[C@H](O)[C@@H]1[C@H](CO)ON(Cc2cccc(-c3cc(C(=O)N[C@@H](Cc4ccccc4)CN(C)C)cc(N(C)C)c3)c2OCCN2CCOCC2)[C@@H]1C(=O)N[C@H]1C[C@H]2CC([C@@H]1C)C2(C)C. The second-order valence-electron chi connectivity index (χ2n) is 19.6. The predicted molar refractivity (Wildman–Crippen MR) is 246 cm³/mol. The van der Waals surface area contributed by atoms with Gasteiger partial charge in [-0.15, -0.1) is 0 Å². The van der Waals surface area contributed by atoms with Crippen LogP contribution in [0.4, 0.5) is 5.69 Å². The number of para-hydroxylation sites is 1. The smallest absolute Gasteiger partial charge is 0.251 e. The summed E-state index contributed by atoms with van der Waals surface area (Å²) < 4.78 is 12.4. The first-order valence-corrected chi connectivity index (χ1v) is 23.0. The van der Waals surface area contributed by atoms with E-state index in [2.05, 4.69) is 59.4 Å². The highest BCUT2D eigenvalue weighted by Crippen LogP contribution is 2.61. The molecule has 2 amide bonds. The van der Waals surface area contributed by atoms with Gasteiger partial charge in [-0.25, -0.2) is 0 Å². The minimum atomic E-state index is -0.919. The first-order valence-electron chi connectivity index (χ1n) is 23.0. The standard InChI is InChI=1S/C50H72N6O7/c1-32-42-27-38(50(42,3)4)28-43(32)52-49(60)46-45(33(2)58)44(31-57)63-56(46)29-35-15-12-16-41(47(35)62-22-19-55-17-20-61-21-18-55)36-24-37(26-40(25-36)54(7)8)48(59)51-39(30-53(5)6)23-34-13-10-9-11-14-34/h9-16,24-26,32-33,38-39,42-46,57-58H,17-23,27-31H2,1-8H3,(H,51,59)(H,52,60)/t32-,33-,38+,39-,42?,43-,44-,45+,46-/m0/s1. The fraction of sp³-hybridized carbons (Fsp3) is 0.600. The molecule has 0 aromatic heterocycles. The van der Waals surface area contributed by atoms with Gasteiger partial charge in [0.2, 0.25) is 5.91 Å². The Morgan fingerprint density at radius 2 is 1.75 bits per heavy atom. The quantitative estimate of drug-likeness (QED) is 0.142. The van der Waals surface area contributed by atoms with Crippen LogP contribution in [0.25, 0.3) is 11.1 Å². The third-order valence-electron chi connectivity index (χ3n) is 14.5. The summed E-state index contributed by atoms with van der Waals surface area (Å²) >= 11 is 0. The fourth-order valence-electron chi connectivity index (χ4n) is 10.8. The third kappa shape index (κ3) is 10.7. The van der Waals surface area contributed by atoms with Crippen molar-refractivity contribution in [3.63, 3.8) is 0 Å². The van der Waals surface area contributed by atoms with Gasteiger partial charge in [0.15, 0.2) is 0 Å². The van der Waals surface area contributed by atoms with E-state index in [1.807, 2.05) is 81.6 Å². The van der Waals surface area contributed by atoms with Crippen LogP contribution in [0.15, 0.2) is 66.7 Å². The summed E-state index contributed by atoms with van der Waals surface area (Å²) in [5.74, 6) is 1.01. The van der Waals surface area contributed by atoms with Crippen LogP contribution in [0.3, 0.4) is 0 Å². The number of amides is 2. The molecule has 4 N–H and O–H groups in total. The largest absolute Gasteiger partial charge is 0.491 e. The molecule has 8 rings (SSSR count). The second-order valence-corrected chi connectivity index (χ2v) is 19.6. The lowest BCUT2D eigenvalue weighted by Crippen LogP contribution is -2.62. The molecule has 344 valence electrons. The van der Waals surface area contributed by atoms with Crippen molar-refractivity contribution >= 4 is 17.5 Å². The van der Waals surface area contributed by atoms with Gasteiger partial charge in [0.25, 0.3) is 5.91 Å². The van der Waals surface area contributed by atoms with Gasteiger partial charge in [0.1, 0.15) is 24.5 Å². The van der Waals surface area contributed by atoms with Crippen LogP contribution in [0, 0.1) is 29.1 Å². The molecule has 2 bridgehead atoms. The van der Waals surface area contributed by atoms with Crippen LogP contribution in [0.1, 0.15) is 62.0 Å². The Bertz CT molecular complexity index is 2010. The zero-order chi connectivity index (χ0) is 45.0. The van der Waals surface area contributed by atoms with Crippen molar-refractivity contribution < 1.29 is 34.1 Å². The number of anilines is 1. The molecule has 1 unspecified atom stereocenters. The molecule has 3 aliphatic carbocycles. The van der Waals surface area contributed by atoms with Crippen LogP contribution in [0.5, 0.6) is 5.75 Å². The van der Waals surface area contributed by atoms with E-state index in [1.165, 1.54) is 6.42 Å². The number of aliphatic hydroxyl groups excluding tert-OH is 2. The number of likely N-dealkylation sites (N-methyl/N-ethyl adjacent to an activating group) is 1. The molecule has 3 aromatic carbocycles. The second kappa shape index (κ2) is 20.4. The van der Waals surface area contributed by atoms with Crippen LogP contribution in [-0.2, 0) is 27.3 Å². The van der Waals surface area contributed by atoms with Gasteiger partial charge in [-0.3, -0.25) is 19.3 Å². The predicted octanol–water partition coefficient (Wildman–Crippen LogP) is 4.69. The molecule has 13 heteroatoms. The lowest BCUT2D eigenvalue weighted by Gasteiger charge is -2.62. The summed E-state index contributed by atoms with van der Waals surface area (Å²) in [5.41, 5.74) is 5.19. The van der Waals surface area contributed by atoms with Crippen molar-refractivity contribution in [2.75, 3.05) is 85.7 Å². The molecule has 2 heterocycles. The summed E-state index contributed by atoms with van der Waals surface area (Å²) in [4.78, 5) is 41.7. The number of fused-ring (bicyclic) bond motifs is 2. The molecule has 3 saturated carbocycles. The Morgan fingerprint density at radius 1 is 1.00 bits per heavy atom. The number of aliphatic hydroxyl groups is 2. The van der Waals surface area contributed by atoms with E-state index in [-0.39, 0.29) is 42.5 Å². The minimum Gasteiger partial charge on any atom is -0.491 e. The molecule has 63 heavy (non-hydrogen) atoms. The van der Waals surface area contributed by atoms with E-state index < -0.39 is 24.2 Å². The topological polar surface area (TPSA) is 139 Å². The van der Waals surface area contributed by atoms with Crippen molar-refractivity contribution in [3.8, 4) is 16.9 Å². The minimum absolute atomic E-state index is 0.0215. The van der Waals surface area contributed by atoms with Crippen LogP contribution >= 0.6 is 0 Å². The van der Waals surface area contributed by atoms with E-state index >= 15 is 0 Å². The zero-order valence-corrected chi connectivity index (χ0v) is 38.8. The lowest BCUT2D eigenvalue weighted by molar-refractivity contribution is -0.183. The van der Waals surface area contributed by atoms with Crippen LogP contribution in [-0.4, -0.2) is 148 Å². The Hall–Kier alpha value is -4.08. The van der Waals surface area contributed by atoms with Gasteiger partial charge in [-0.1, -0.05) is 69.3 Å². The van der Waals surface area contributed by atoms with Crippen molar-refractivity contribution in [2.24, 2.45) is 29.1 Å². The molecular weight excluding hydrogens is 797 g/mol. The average molecular weight is 869 g/mol. The van der Waals surface area contributed by atoms with Crippen LogP contribution in [0.2, 0.25) is 0 Å². The Kier molecular flexibility index (Phi) is 15.2. The highest BCUT2D eigenvalue weighted by molar-refractivity contribution is 5.97. The Balaban J connectivity index is 1.21. The monoisotopic (exact) mass is 869 g/mol. The normalized spacial score (nSPS) is 26.7. The zero-order valence-electron chi connectivity index (χ0n) is 38.8. The number of hydrogen-bond donors (Lipinski definition) is 4. The first kappa shape index (κ1) is 46.9. The molecule has 9 atom stereocenters. The van der Waals surface area contributed by atoms with E-state index in [0.717, 1.165) is 47.5 Å². The number of carbonyl (C=O) groups excluding carboxylic acids is 2. The van der Waals surface area contributed by atoms with Crippen LogP contribution < -0.4 is 20.3 Å². The molecule has 13 nitrogen and oxygen atoms in total. The number of hydrogen-bond acceptors (Lipinski definition) is 11. The highest BCUT2D eigenvalue weighted by atomic mass is 16.7. The summed E-state index contributed by atoms with van der Waals surface area (Å²) in [6.45, 7) is 13.2. The molecule has 2 aliphatic heterocycles. The molecule has 0 radical (unpaired) electrons. The van der Waals surface area contributed by atoms with Gasteiger partial charge in [-0.05, 0) is 92.8 Å². The maximum absolute atomic E-state index is 14.6. The summed E-state index contributed by atoms with van der Waals surface area (Å²) in [7, 11) is 7.95. The number of nitrogens with zero attached hydrogens (tertiary/aromatic N) is 4. The fourth-order valence-corrected chi connectivity index (χ4v) is 10.8. The number of morpholine rings is 1. The molecule has 5 fully saturated rings. The third-order valence-corrected chi connectivity index (χ3v) is 14.5. The number of rotatable bonds is 18. The number of carbonyl (C=O) groups is 2.